The molecule has 0 fully saturated rings. The van der Waals surface area contributed by atoms with Gasteiger partial charge in [-0.1, -0.05) is 60.7 Å². The second kappa shape index (κ2) is 10.8. The van der Waals surface area contributed by atoms with E-state index in [2.05, 4.69) is 4.74 Å². The van der Waals surface area contributed by atoms with Gasteiger partial charge in [0.1, 0.15) is 29.4 Å². The van der Waals surface area contributed by atoms with E-state index in [1.807, 2.05) is 54.6 Å². The van der Waals surface area contributed by atoms with Crippen molar-refractivity contribution in [1.82, 2.24) is 0 Å². The van der Waals surface area contributed by atoms with Crippen molar-refractivity contribution in [3.05, 3.63) is 90.0 Å². The number of methoxy groups -OCH3 is 1. The Morgan fingerprint density at radius 3 is 2.65 bits per heavy atom. The first-order valence-electron chi connectivity index (χ1n) is 9.86. The van der Waals surface area contributed by atoms with Crippen LogP contribution in [0.2, 0.25) is 0 Å². The molecule has 1 unspecified atom stereocenters. The van der Waals surface area contributed by atoms with Crippen molar-refractivity contribution in [2.45, 2.75) is 13.0 Å². The van der Waals surface area contributed by atoms with Gasteiger partial charge in [0.2, 0.25) is 0 Å². The summed E-state index contributed by atoms with van der Waals surface area (Å²) in [5.41, 5.74) is 0.902. The number of hydrogen-bond acceptors (Lipinski definition) is 6. The van der Waals surface area contributed by atoms with Crippen LogP contribution in [-0.4, -0.2) is 30.6 Å². The lowest BCUT2D eigenvalue weighted by atomic mass is 9.99. The van der Waals surface area contributed by atoms with Crippen LogP contribution in [0, 0.1) is 5.92 Å². The van der Waals surface area contributed by atoms with E-state index in [0.29, 0.717) is 5.75 Å². The second-order valence-electron chi connectivity index (χ2n) is 6.89. The van der Waals surface area contributed by atoms with Crippen molar-refractivity contribution in [2.75, 3.05) is 13.7 Å². The van der Waals surface area contributed by atoms with E-state index in [-0.39, 0.29) is 29.6 Å². The lowest BCUT2D eigenvalue weighted by Gasteiger charge is -2.14. The third kappa shape index (κ3) is 6.34. The standard InChI is InChI=1S/C25H24O6/c1-29-24(28)17-31-23-15-20(30-16-19-10-6-3-7-11-19)14-22(27)25(23)21(26)13-12-18-8-4-2-5-9-18/h2-8,10-15,18,27H,9,16-17H2,1H3. The fourth-order valence-electron chi connectivity index (χ4n) is 2.99. The monoisotopic (exact) mass is 420 g/mol. The Balaban J connectivity index is 1.82. The maximum Gasteiger partial charge on any atom is 0.343 e. The van der Waals surface area contributed by atoms with Crippen LogP contribution in [-0.2, 0) is 16.1 Å². The molecule has 1 N–H and O–H groups in total. The zero-order chi connectivity index (χ0) is 22.1. The summed E-state index contributed by atoms with van der Waals surface area (Å²) in [5.74, 6) is -0.884. The lowest BCUT2D eigenvalue weighted by molar-refractivity contribution is -0.142. The molecule has 160 valence electrons. The van der Waals surface area contributed by atoms with Crippen LogP contribution in [0.25, 0.3) is 0 Å². The Labute approximate surface area is 181 Å². The molecule has 3 rings (SSSR count). The molecule has 0 heterocycles. The third-order valence-electron chi connectivity index (χ3n) is 4.63. The summed E-state index contributed by atoms with van der Waals surface area (Å²) in [7, 11) is 1.24. The number of ether oxygens (including phenoxy) is 3. The molecule has 6 nitrogen and oxygen atoms in total. The third-order valence-corrected chi connectivity index (χ3v) is 4.63. The highest BCUT2D eigenvalue weighted by Gasteiger charge is 2.19. The molecule has 1 aliphatic carbocycles. The largest absolute Gasteiger partial charge is 0.507 e. The Hall–Kier alpha value is -3.80. The van der Waals surface area contributed by atoms with Crippen molar-refractivity contribution >= 4 is 11.8 Å². The van der Waals surface area contributed by atoms with E-state index in [4.69, 9.17) is 9.47 Å². The molecule has 0 bridgehead atoms. The topological polar surface area (TPSA) is 82.1 Å². The van der Waals surface area contributed by atoms with Gasteiger partial charge in [-0.2, -0.15) is 0 Å². The minimum atomic E-state index is -0.608. The summed E-state index contributed by atoms with van der Waals surface area (Å²) >= 11 is 0. The summed E-state index contributed by atoms with van der Waals surface area (Å²) in [4.78, 5) is 24.3. The van der Waals surface area contributed by atoms with E-state index >= 15 is 0 Å². The number of esters is 1. The van der Waals surface area contributed by atoms with Crippen molar-refractivity contribution in [3.8, 4) is 17.2 Å². The first kappa shape index (κ1) is 21.9. The number of aromatic hydroxyl groups is 1. The Morgan fingerprint density at radius 1 is 1.13 bits per heavy atom. The molecule has 0 radical (unpaired) electrons. The highest BCUT2D eigenvalue weighted by atomic mass is 16.6. The van der Waals surface area contributed by atoms with E-state index in [9.17, 15) is 14.7 Å². The van der Waals surface area contributed by atoms with Crippen LogP contribution < -0.4 is 9.47 Å². The molecule has 0 saturated carbocycles. The SMILES string of the molecule is COC(=O)COc1cc(OCc2ccccc2)cc(O)c1C(=O)C=CC1C=CC=CC1. The van der Waals surface area contributed by atoms with Crippen LogP contribution in [0.1, 0.15) is 22.3 Å². The van der Waals surface area contributed by atoms with Gasteiger partial charge in [0.15, 0.2) is 12.4 Å². The number of carbonyl (C=O) groups is 2. The van der Waals surface area contributed by atoms with Crippen molar-refractivity contribution in [2.24, 2.45) is 5.92 Å². The summed E-state index contributed by atoms with van der Waals surface area (Å²) < 4.78 is 15.8. The Morgan fingerprint density at radius 2 is 1.94 bits per heavy atom. The van der Waals surface area contributed by atoms with E-state index < -0.39 is 18.4 Å². The van der Waals surface area contributed by atoms with Crippen LogP contribution in [0.3, 0.4) is 0 Å². The lowest BCUT2D eigenvalue weighted by Crippen LogP contribution is -2.14. The smallest absolute Gasteiger partial charge is 0.343 e. The fourth-order valence-corrected chi connectivity index (χ4v) is 2.99. The quantitative estimate of drug-likeness (QED) is 0.368. The maximum absolute atomic E-state index is 12.8. The van der Waals surface area contributed by atoms with Gasteiger partial charge in [-0.25, -0.2) is 4.79 Å². The first-order valence-corrected chi connectivity index (χ1v) is 9.86. The van der Waals surface area contributed by atoms with Gasteiger partial charge in [0.25, 0.3) is 0 Å². The van der Waals surface area contributed by atoms with Gasteiger partial charge in [-0.05, 0) is 24.0 Å². The predicted octanol–water partition coefficient (Wildman–Crippen LogP) is 4.39. The maximum atomic E-state index is 12.8. The number of phenols is 1. The molecule has 2 aromatic rings. The summed E-state index contributed by atoms with van der Waals surface area (Å²) in [6.07, 6.45) is 11.8. The summed E-state index contributed by atoms with van der Waals surface area (Å²) in [5, 5.41) is 10.5. The van der Waals surface area contributed by atoms with E-state index in [0.717, 1.165) is 12.0 Å². The second-order valence-corrected chi connectivity index (χ2v) is 6.89. The molecule has 0 aromatic heterocycles. The van der Waals surface area contributed by atoms with Crippen molar-refractivity contribution < 1.29 is 28.9 Å². The molecule has 2 aromatic carbocycles. The number of allylic oxidation sites excluding steroid dienone is 6. The number of hydrogen-bond donors (Lipinski definition) is 1. The molecule has 1 aliphatic rings. The molecule has 31 heavy (non-hydrogen) atoms. The van der Waals surface area contributed by atoms with Gasteiger partial charge in [-0.3, -0.25) is 4.79 Å². The number of benzene rings is 2. The minimum absolute atomic E-state index is 0.0393. The molecule has 0 saturated heterocycles. The number of phenolic OH excluding ortho intramolecular Hbond substituents is 1. The van der Waals surface area contributed by atoms with Crippen LogP contribution in [0.5, 0.6) is 17.2 Å². The average molecular weight is 420 g/mol. The molecule has 0 aliphatic heterocycles. The van der Waals surface area contributed by atoms with Gasteiger partial charge >= 0.3 is 5.97 Å². The number of carbonyl (C=O) groups excluding carboxylic acids is 2. The van der Waals surface area contributed by atoms with Crippen LogP contribution >= 0.6 is 0 Å². The van der Waals surface area contributed by atoms with Gasteiger partial charge in [-0.15, -0.1) is 0 Å². The van der Waals surface area contributed by atoms with E-state index in [1.54, 1.807) is 6.08 Å². The Kier molecular flexibility index (Phi) is 7.65. The first-order chi connectivity index (χ1) is 15.1. The number of ketones is 1. The normalized spacial score (nSPS) is 15.1. The molecule has 0 amide bonds. The molecular formula is C25H24O6. The van der Waals surface area contributed by atoms with Crippen LogP contribution in [0.15, 0.2) is 78.9 Å². The molecule has 6 heteroatoms. The summed E-state index contributed by atoms with van der Waals surface area (Å²) in [6.45, 7) is -0.135. The molecule has 0 spiro atoms. The van der Waals surface area contributed by atoms with Crippen LogP contribution in [0.4, 0.5) is 0 Å². The van der Waals surface area contributed by atoms with E-state index in [1.165, 1.54) is 25.3 Å². The Bertz CT molecular complexity index is 1000. The predicted molar refractivity (Wildman–Crippen MR) is 116 cm³/mol. The fraction of sp³-hybridized carbons (Fsp3) is 0.200. The van der Waals surface area contributed by atoms with Crippen molar-refractivity contribution in [1.29, 1.82) is 0 Å². The van der Waals surface area contributed by atoms with Gasteiger partial charge < -0.3 is 19.3 Å². The zero-order valence-electron chi connectivity index (χ0n) is 17.2. The summed E-state index contributed by atoms with van der Waals surface area (Å²) in [6, 6.07) is 12.4. The highest BCUT2D eigenvalue weighted by molar-refractivity contribution is 6.08. The molecular weight excluding hydrogens is 396 g/mol. The highest BCUT2D eigenvalue weighted by Crippen LogP contribution is 2.35. The van der Waals surface area contributed by atoms with Gasteiger partial charge in [0.05, 0.1) is 7.11 Å². The minimum Gasteiger partial charge on any atom is -0.507 e. The molecule has 1 atom stereocenters. The number of rotatable bonds is 9. The van der Waals surface area contributed by atoms with Crippen molar-refractivity contribution in [3.63, 3.8) is 0 Å². The zero-order valence-corrected chi connectivity index (χ0v) is 17.2. The van der Waals surface area contributed by atoms with Gasteiger partial charge in [0, 0.05) is 12.1 Å². The average Bonchev–Trinajstić information content (AvgIpc) is 2.80.